The molecule has 2 nitrogen and oxygen atoms in total. The Morgan fingerprint density at radius 1 is 1.50 bits per heavy atom. The molecule has 0 amide bonds. The van der Waals surface area contributed by atoms with Gasteiger partial charge in [0.2, 0.25) is 0 Å². The van der Waals surface area contributed by atoms with E-state index in [2.05, 4.69) is 39.9 Å². The van der Waals surface area contributed by atoms with Gasteiger partial charge in [0, 0.05) is 28.3 Å². The summed E-state index contributed by atoms with van der Waals surface area (Å²) in [6.45, 7) is 3.36. The topological polar surface area (TPSA) is 29.3 Å². The first kappa shape index (κ1) is 13.8. The highest BCUT2D eigenvalue weighted by Gasteiger charge is 2.23. The Balaban J connectivity index is 2.39. The molecule has 0 spiro atoms. The SMILES string of the molecule is CCC1CCCCN1c1ccc(Br)cc1C(N)=S. The molecule has 0 bridgehead atoms. The first-order valence-corrected chi connectivity index (χ1v) is 7.69. The van der Waals surface area contributed by atoms with E-state index in [9.17, 15) is 0 Å². The molecule has 4 heteroatoms. The van der Waals surface area contributed by atoms with E-state index in [4.69, 9.17) is 18.0 Å². The van der Waals surface area contributed by atoms with Gasteiger partial charge in [-0.3, -0.25) is 0 Å². The summed E-state index contributed by atoms with van der Waals surface area (Å²) in [6.07, 6.45) is 5.02. The minimum absolute atomic E-state index is 0.478. The number of piperidine rings is 1. The highest BCUT2D eigenvalue weighted by atomic mass is 79.9. The maximum Gasteiger partial charge on any atom is 0.106 e. The van der Waals surface area contributed by atoms with E-state index in [0.717, 1.165) is 16.6 Å². The molecule has 18 heavy (non-hydrogen) atoms. The van der Waals surface area contributed by atoms with Crippen molar-refractivity contribution >= 4 is 38.8 Å². The van der Waals surface area contributed by atoms with Crippen LogP contribution in [-0.2, 0) is 0 Å². The number of thiocarbonyl (C=S) groups is 1. The average molecular weight is 327 g/mol. The molecule has 0 aliphatic carbocycles. The molecule has 1 atom stereocenters. The standard InChI is InChI=1S/C14H19BrN2S/c1-2-11-5-3-4-8-17(11)13-7-6-10(15)9-12(13)14(16)18/h6-7,9,11H,2-5,8H2,1H3,(H2,16,18). The fraction of sp³-hybridized carbons (Fsp3) is 0.500. The molecule has 2 rings (SSSR count). The van der Waals surface area contributed by atoms with Gasteiger partial charge in [-0.1, -0.05) is 35.1 Å². The Bertz CT molecular complexity index is 447. The zero-order chi connectivity index (χ0) is 13.1. The number of halogens is 1. The predicted molar refractivity (Wildman–Crippen MR) is 85.3 cm³/mol. The van der Waals surface area contributed by atoms with Crippen molar-refractivity contribution in [3.05, 3.63) is 28.2 Å². The Morgan fingerprint density at radius 3 is 2.94 bits per heavy atom. The summed E-state index contributed by atoms with van der Waals surface area (Å²) in [7, 11) is 0. The molecule has 0 saturated carbocycles. The van der Waals surface area contributed by atoms with Gasteiger partial charge in [-0.25, -0.2) is 0 Å². The summed E-state index contributed by atoms with van der Waals surface area (Å²) in [4.78, 5) is 2.96. The molecule has 1 unspecified atom stereocenters. The third-order valence-corrected chi connectivity index (χ3v) is 4.35. The molecule has 0 aromatic heterocycles. The minimum Gasteiger partial charge on any atom is -0.389 e. The number of rotatable bonds is 3. The molecular weight excluding hydrogens is 308 g/mol. The largest absolute Gasteiger partial charge is 0.389 e. The van der Waals surface area contributed by atoms with Crippen molar-refractivity contribution in [2.24, 2.45) is 5.73 Å². The van der Waals surface area contributed by atoms with Crippen LogP contribution in [-0.4, -0.2) is 17.6 Å². The van der Waals surface area contributed by atoms with E-state index in [1.807, 2.05) is 6.07 Å². The van der Waals surface area contributed by atoms with Crippen LogP contribution in [0, 0.1) is 0 Å². The van der Waals surface area contributed by atoms with Crippen LogP contribution in [0.2, 0.25) is 0 Å². The highest BCUT2D eigenvalue weighted by Crippen LogP contribution is 2.31. The third-order valence-electron chi connectivity index (χ3n) is 3.63. The molecule has 2 N–H and O–H groups in total. The van der Waals surface area contributed by atoms with E-state index in [-0.39, 0.29) is 0 Å². The number of hydrogen-bond acceptors (Lipinski definition) is 2. The Hall–Kier alpha value is -0.610. The molecule has 0 radical (unpaired) electrons. The van der Waals surface area contributed by atoms with E-state index >= 15 is 0 Å². The third kappa shape index (κ3) is 2.86. The molecule has 98 valence electrons. The van der Waals surface area contributed by atoms with E-state index in [0.29, 0.717) is 11.0 Å². The van der Waals surface area contributed by atoms with Crippen LogP contribution < -0.4 is 10.6 Å². The van der Waals surface area contributed by atoms with Gasteiger partial charge in [0.05, 0.1) is 0 Å². The van der Waals surface area contributed by atoms with E-state index < -0.39 is 0 Å². The quantitative estimate of drug-likeness (QED) is 0.855. The van der Waals surface area contributed by atoms with Gasteiger partial charge in [0.1, 0.15) is 4.99 Å². The van der Waals surface area contributed by atoms with Gasteiger partial charge in [0.25, 0.3) is 0 Å². The lowest BCUT2D eigenvalue weighted by molar-refractivity contribution is 0.450. The Labute approximate surface area is 123 Å². The van der Waals surface area contributed by atoms with Crippen LogP contribution >= 0.6 is 28.1 Å². The number of nitrogens with zero attached hydrogens (tertiary/aromatic N) is 1. The minimum atomic E-state index is 0.478. The first-order chi connectivity index (χ1) is 8.63. The summed E-state index contributed by atoms with van der Waals surface area (Å²) < 4.78 is 1.03. The first-order valence-electron chi connectivity index (χ1n) is 6.49. The second-order valence-corrected chi connectivity index (χ2v) is 6.13. The molecule has 1 heterocycles. The van der Waals surface area contributed by atoms with E-state index in [1.54, 1.807) is 0 Å². The lowest BCUT2D eigenvalue weighted by atomic mass is 9.98. The van der Waals surface area contributed by atoms with Crippen LogP contribution in [0.1, 0.15) is 38.2 Å². The van der Waals surface area contributed by atoms with Gasteiger partial charge in [-0.2, -0.15) is 0 Å². The van der Waals surface area contributed by atoms with Crippen molar-refractivity contribution in [3.63, 3.8) is 0 Å². The van der Waals surface area contributed by atoms with Gasteiger partial charge >= 0.3 is 0 Å². The van der Waals surface area contributed by atoms with E-state index in [1.165, 1.54) is 31.4 Å². The fourth-order valence-corrected chi connectivity index (χ4v) is 3.22. The smallest absolute Gasteiger partial charge is 0.106 e. The van der Waals surface area contributed by atoms with Crippen LogP contribution in [0.25, 0.3) is 0 Å². The zero-order valence-corrected chi connectivity index (χ0v) is 13.1. The van der Waals surface area contributed by atoms with Crippen LogP contribution in [0.4, 0.5) is 5.69 Å². The molecule has 1 aromatic rings. The summed E-state index contributed by atoms with van der Waals surface area (Å²) in [5.41, 5.74) is 8.04. The van der Waals surface area contributed by atoms with Crippen molar-refractivity contribution in [3.8, 4) is 0 Å². The van der Waals surface area contributed by atoms with Crippen molar-refractivity contribution in [2.75, 3.05) is 11.4 Å². The second kappa shape index (κ2) is 6.02. The maximum atomic E-state index is 5.86. The van der Waals surface area contributed by atoms with Crippen LogP contribution in [0.5, 0.6) is 0 Å². The highest BCUT2D eigenvalue weighted by molar-refractivity contribution is 9.10. The molecule has 1 aliphatic heterocycles. The van der Waals surface area contributed by atoms with Gasteiger partial charge in [-0.15, -0.1) is 0 Å². The fourth-order valence-electron chi connectivity index (χ4n) is 2.70. The second-order valence-electron chi connectivity index (χ2n) is 4.78. The van der Waals surface area contributed by atoms with Crippen molar-refractivity contribution in [1.82, 2.24) is 0 Å². The summed E-state index contributed by atoms with van der Waals surface area (Å²) in [6, 6.07) is 6.84. The Morgan fingerprint density at radius 2 is 2.28 bits per heavy atom. The van der Waals surface area contributed by atoms with Gasteiger partial charge < -0.3 is 10.6 Å². The summed E-state index contributed by atoms with van der Waals surface area (Å²) >= 11 is 8.67. The van der Waals surface area contributed by atoms with Crippen molar-refractivity contribution in [1.29, 1.82) is 0 Å². The summed E-state index contributed by atoms with van der Waals surface area (Å²) in [5.74, 6) is 0. The van der Waals surface area contributed by atoms with Crippen LogP contribution in [0.3, 0.4) is 0 Å². The number of benzene rings is 1. The molecule has 1 saturated heterocycles. The Kier molecular flexibility index (Phi) is 4.62. The predicted octanol–water partition coefficient (Wildman–Crippen LogP) is 3.85. The lowest BCUT2D eigenvalue weighted by Gasteiger charge is -2.38. The monoisotopic (exact) mass is 326 g/mol. The zero-order valence-electron chi connectivity index (χ0n) is 10.7. The van der Waals surface area contributed by atoms with Gasteiger partial charge in [-0.05, 0) is 43.9 Å². The maximum absolute atomic E-state index is 5.86. The number of anilines is 1. The summed E-state index contributed by atoms with van der Waals surface area (Å²) in [5, 5.41) is 0. The lowest BCUT2D eigenvalue weighted by Crippen LogP contribution is -2.40. The molecule has 1 aliphatic rings. The van der Waals surface area contributed by atoms with Crippen LogP contribution in [0.15, 0.2) is 22.7 Å². The number of nitrogens with two attached hydrogens (primary N) is 1. The van der Waals surface area contributed by atoms with Gasteiger partial charge in [0.15, 0.2) is 0 Å². The molecule has 1 fully saturated rings. The van der Waals surface area contributed by atoms with Crippen molar-refractivity contribution < 1.29 is 0 Å². The normalized spacial score (nSPS) is 19.9. The molecule has 1 aromatic carbocycles. The molecular formula is C14H19BrN2S. The average Bonchev–Trinajstić information content (AvgIpc) is 2.38. The van der Waals surface area contributed by atoms with Crippen molar-refractivity contribution in [2.45, 2.75) is 38.6 Å². The number of hydrogen-bond donors (Lipinski definition) is 1.